The van der Waals surface area contributed by atoms with E-state index in [2.05, 4.69) is 4.90 Å². The molecule has 2 radical (unpaired) electrons. The highest BCUT2D eigenvalue weighted by molar-refractivity contribution is 6.11. The van der Waals surface area contributed by atoms with Crippen molar-refractivity contribution in [1.82, 2.24) is 4.90 Å². The van der Waals surface area contributed by atoms with Crippen LogP contribution < -0.4 is 0 Å². The SMILES string of the molecule is [B][C@@H]1O[C@H](COC)C(OC)[C@@H]1OCCN(CCOC)CCOC. The molecule has 8 heteroatoms. The van der Waals surface area contributed by atoms with Gasteiger partial charge < -0.3 is 28.4 Å². The van der Waals surface area contributed by atoms with Crippen molar-refractivity contribution in [2.24, 2.45) is 0 Å². The number of rotatable bonds is 13. The van der Waals surface area contributed by atoms with E-state index < -0.39 is 6.00 Å². The van der Waals surface area contributed by atoms with Crippen LogP contribution in [0.4, 0.5) is 0 Å². The van der Waals surface area contributed by atoms with E-state index in [4.69, 9.17) is 36.3 Å². The lowest BCUT2D eigenvalue weighted by molar-refractivity contribution is -0.0591. The molecule has 0 spiro atoms. The van der Waals surface area contributed by atoms with Crippen molar-refractivity contribution in [1.29, 1.82) is 0 Å². The van der Waals surface area contributed by atoms with Crippen LogP contribution in [0.1, 0.15) is 0 Å². The van der Waals surface area contributed by atoms with Crippen molar-refractivity contribution >= 4 is 7.85 Å². The number of ether oxygens (including phenoxy) is 6. The Morgan fingerprint density at radius 2 is 1.48 bits per heavy atom. The van der Waals surface area contributed by atoms with E-state index >= 15 is 0 Å². The van der Waals surface area contributed by atoms with Crippen LogP contribution in [0.2, 0.25) is 0 Å². The van der Waals surface area contributed by atoms with Crippen LogP contribution in [-0.4, -0.2) is 112 Å². The van der Waals surface area contributed by atoms with Gasteiger partial charge in [0.1, 0.15) is 26.2 Å². The molecule has 1 aliphatic heterocycles. The Bertz CT molecular complexity index is 291. The molecule has 1 heterocycles. The predicted octanol–water partition coefficient (Wildman–Crippen LogP) is -0.479. The molecule has 0 aromatic carbocycles. The summed E-state index contributed by atoms with van der Waals surface area (Å²) in [5.74, 6) is 0. The second-order valence-corrected chi connectivity index (χ2v) is 5.46. The van der Waals surface area contributed by atoms with Gasteiger partial charge in [-0.1, -0.05) is 0 Å². The summed E-state index contributed by atoms with van der Waals surface area (Å²) in [5.41, 5.74) is 0. The van der Waals surface area contributed by atoms with Crippen LogP contribution in [-0.2, 0) is 28.4 Å². The third kappa shape index (κ3) is 7.05. The maximum atomic E-state index is 6.01. The highest BCUT2D eigenvalue weighted by atomic mass is 16.6. The van der Waals surface area contributed by atoms with Crippen LogP contribution in [0, 0.1) is 0 Å². The van der Waals surface area contributed by atoms with Crippen molar-refractivity contribution < 1.29 is 28.4 Å². The van der Waals surface area contributed by atoms with E-state index in [9.17, 15) is 0 Å². The van der Waals surface area contributed by atoms with Crippen molar-refractivity contribution in [3.05, 3.63) is 0 Å². The molecule has 23 heavy (non-hydrogen) atoms. The summed E-state index contributed by atoms with van der Waals surface area (Å²) in [4.78, 5) is 2.22. The molecule has 1 fully saturated rings. The molecule has 0 bridgehead atoms. The largest absolute Gasteiger partial charge is 0.383 e. The summed E-state index contributed by atoms with van der Waals surface area (Å²) < 4.78 is 32.5. The zero-order chi connectivity index (χ0) is 17.1. The van der Waals surface area contributed by atoms with Crippen molar-refractivity contribution in [2.75, 3.05) is 74.5 Å². The first-order valence-electron chi connectivity index (χ1n) is 7.92. The van der Waals surface area contributed by atoms with Crippen molar-refractivity contribution in [2.45, 2.75) is 24.3 Å². The molecule has 1 aliphatic rings. The lowest BCUT2D eigenvalue weighted by Gasteiger charge is -2.25. The molecular weight excluding hydrogens is 301 g/mol. The maximum Gasteiger partial charge on any atom is 0.113 e. The molecule has 0 aromatic rings. The van der Waals surface area contributed by atoms with Crippen molar-refractivity contribution in [3.63, 3.8) is 0 Å². The highest BCUT2D eigenvalue weighted by Gasteiger charge is 2.42. The molecule has 1 rings (SSSR count). The summed E-state index contributed by atoms with van der Waals surface area (Å²) in [7, 11) is 12.7. The van der Waals surface area contributed by atoms with E-state index in [1.807, 2.05) is 0 Å². The van der Waals surface area contributed by atoms with E-state index in [0.29, 0.717) is 26.4 Å². The third-order valence-electron chi connectivity index (χ3n) is 3.89. The highest BCUT2D eigenvalue weighted by Crippen LogP contribution is 2.24. The zero-order valence-electron chi connectivity index (χ0n) is 14.7. The maximum absolute atomic E-state index is 6.01. The molecule has 134 valence electrons. The second kappa shape index (κ2) is 12.2. The van der Waals surface area contributed by atoms with E-state index in [1.165, 1.54) is 0 Å². The van der Waals surface area contributed by atoms with E-state index in [-0.39, 0.29) is 18.3 Å². The molecule has 7 nitrogen and oxygen atoms in total. The second-order valence-electron chi connectivity index (χ2n) is 5.46. The van der Waals surface area contributed by atoms with Crippen LogP contribution >= 0.6 is 0 Å². The molecule has 0 aliphatic carbocycles. The van der Waals surface area contributed by atoms with Gasteiger partial charge in [-0.3, -0.25) is 4.90 Å². The summed E-state index contributed by atoms with van der Waals surface area (Å²) in [5, 5.41) is 0. The topological polar surface area (TPSA) is 58.6 Å². The minimum atomic E-state index is -0.508. The lowest BCUT2D eigenvalue weighted by atomic mass is 9.93. The summed E-state index contributed by atoms with van der Waals surface area (Å²) in [6, 6.07) is -0.508. The van der Waals surface area contributed by atoms with Crippen LogP contribution in [0.15, 0.2) is 0 Å². The van der Waals surface area contributed by atoms with Gasteiger partial charge in [-0.25, -0.2) is 0 Å². The first-order chi connectivity index (χ1) is 11.2. The molecule has 0 N–H and O–H groups in total. The molecule has 4 atom stereocenters. The fraction of sp³-hybridized carbons (Fsp3) is 1.00. The third-order valence-corrected chi connectivity index (χ3v) is 3.89. The quantitative estimate of drug-likeness (QED) is 0.423. The standard InChI is InChI=1S/C15H30BNO6/c1-18-8-5-17(6-9-19-2)7-10-22-14-13(21-4)12(11-20-3)23-15(14)16/h12-15H,5-11H2,1-4H3/t12-,13?,14+,15-/m1/s1. The van der Waals surface area contributed by atoms with Gasteiger partial charge >= 0.3 is 0 Å². The first-order valence-corrected chi connectivity index (χ1v) is 7.92. The first kappa shape index (κ1) is 20.8. The number of methoxy groups -OCH3 is 4. The molecule has 0 aromatic heterocycles. The summed E-state index contributed by atoms with van der Waals surface area (Å²) in [6.45, 7) is 4.74. The lowest BCUT2D eigenvalue weighted by Crippen LogP contribution is -2.41. The van der Waals surface area contributed by atoms with E-state index in [1.54, 1.807) is 28.4 Å². The van der Waals surface area contributed by atoms with Crippen molar-refractivity contribution in [3.8, 4) is 0 Å². The van der Waals surface area contributed by atoms with Crippen LogP contribution in [0.3, 0.4) is 0 Å². The van der Waals surface area contributed by atoms with Gasteiger partial charge in [-0.15, -0.1) is 0 Å². The van der Waals surface area contributed by atoms with Gasteiger partial charge in [0.05, 0.1) is 26.4 Å². The Morgan fingerprint density at radius 1 is 0.870 bits per heavy atom. The molecule has 0 saturated carbocycles. The van der Waals surface area contributed by atoms with Gasteiger partial charge in [0, 0.05) is 54.1 Å². The van der Waals surface area contributed by atoms with Crippen LogP contribution in [0.5, 0.6) is 0 Å². The zero-order valence-corrected chi connectivity index (χ0v) is 14.7. The van der Waals surface area contributed by atoms with Gasteiger partial charge in [0.2, 0.25) is 0 Å². The monoisotopic (exact) mass is 331 g/mol. The summed E-state index contributed by atoms with van der Waals surface area (Å²) >= 11 is 0. The molecule has 0 amide bonds. The average molecular weight is 331 g/mol. The normalized spacial score (nSPS) is 27.9. The fourth-order valence-electron chi connectivity index (χ4n) is 2.62. The van der Waals surface area contributed by atoms with Gasteiger partial charge in [-0.05, 0) is 0 Å². The Balaban J connectivity index is 2.41. The minimum Gasteiger partial charge on any atom is -0.383 e. The van der Waals surface area contributed by atoms with Crippen LogP contribution in [0.25, 0.3) is 0 Å². The van der Waals surface area contributed by atoms with Gasteiger partial charge in [0.25, 0.3) is 0 Å². The Kier molecular flexibility index (Phi) is 11.0. The Hall–Kier alpha value is -0.215. The van der Waals surface area contributed by atoms with Gasteiger partial charge in [-0.2, -0.15) is 0 Å². The number of nitrogens with zero attached hydrogens (tertiary/aromatic N) is 1. The molecule has 1 unspecified atom stereocenters. The summed E-state index contributed by atoms with van der Waals surface area (Å²) in [6.07, 6.45) is -0.730. The molecule has 1 saturated heterocycles. The number of hydrogen-bond acceptors (Lipinski definition) is 7. The fourth-order valence-corrected chi connectivity index (χ4v) is 2.62. The Morgan fingerprint density at radius 3 is 2.00 bits per heavy atom. The average Bonchev–Trinajstić information content (AvgIpc) is 2.84. The Labute approximate surface area is 140 Å². The minimum absolute atomic E-state index is 0.205. The van der Waals surface area contributed by atoms with Gasteiger partial charge in [0.15, 0.2) is 0 Å². The smallest absolute Gasteiger partial charge is 0.113 e. The predicted molar refractivity (Wildman–Crippen MR) is 87.0 cm³/mol. The molecular formula is C15H30BNO6. The number of hydrogen-bond donors (Lipinski definition) is 0. The van der Waals surface area contributed by atoms with E-state index in [0.717, 1.165) is 19.6 Å².